The molecule has 3 aromatic rings. The second-order valence-electron chi connectivity index (χ2n) is 5.74. The Morgan fingerprint density at radius 2 is 2.23 bits per heavy atom. The van der Waals surface area contributed by atoms with Crippen LogP contribution in [-0.2, 0) is 6.42 Å². The standard InChI is InChI=1S/C18H18N2OS/c1-2-16-13-8-10-22-17(13)7-9-20(16)18(21)15-11-12-5-3-4-6-14(12)19-15/h3-6,8,10-11,16,19H,2,7,9H2,1H3. The molecule has 0 saturated heterocycles. The molecule has 0 saturated carbocycles. The minimum absolute atomic E-state index is 0.111. The first-order chi connectivity index (χ1) is 10.8. The summed E-state index contributed by atoms with van der Waals surface area (Å²) in [6.07, 6.45) is 1.92. The summed E-state index contributed by atoms with van der Waals surface area (Å²) < 4.78 is 0. The molecule has 1 N–H and O–H groups in total. The number of aromatic amines is 1. The monoisotopic (exact) mass is 310 g/mol. The molecule has 1 amide bonds. The summed E-state index contributed by atoms with van der Waals surface area (Å²) in [4.78, 5) is 19.7. The van der Waals surface area contributed by atoms with E-state index in [1.165, 1.54) is 10.4 Å². The Hall–Kier alpha value is -2.07. The number of nitrogens with one attached hydrogen (secondary N) is 1. The van der Waals surface area contributed by atoms with Crippen molar-refractivity contribution in [2.24, 2.45) is 0 Å². The van der Waals surface area contributed by atoms with Crippen LogP contribution >= 0.6 is 11.3 Å². The number of fused-ring (bicyclic) bond motifs is 2. The topological polar surface area (TPSA) is 36.1 Å². The van der Waals surface area contributed by atoms with Gasteiger partial charge in [0.2, 0.25) is 0 Å². The normalized spacial score (nSPS) is 17.7. The summed E-state index contributed by atoms with van der Waals surface area (Å²) in [5, 5.41) is 3.23. The SMILES string of the molecule is CCC1c2ccsc2CCN1C(=O)c1cc2ccccc2[nH]1. The van der Waals surface area contributed by atoms with Crippen LogP contribution in [0.5, 0.6) is 0 Å². The maximum atomic E-state index is 13.0. The molecule has 0 fully saturated rings. The lowest BCUT2D eigenvalue weighted by Crippen LogP contribution is -2.39. The van der Waals surface area contributed by atoms with Gasteiger partial charge in [0.1, 0.15) is 5.69 Å². The molecule has 0 bridgehead atoms. The number of aromatic nitrogens is 1. The summed E-state index contributed by atoms with van der Waals surface area (Å²) in [6, 6.07) is 12.4. The van der Waals surface area contributed by atoms with Crippen molar-refractivity contribution in [3.63, 3.8) is 0 Å². The highest BCUT2D eigenvalue weighted by Crippen LogP contribution is 2.36. The predicted octanol–water partition coefficient (Wildman–Crippen LogP) is 4.38. The molecule has 22 heavy (non-hydrogen) atoms. The van der Waals surface area contributed by atoms with Crippen LogP contribution < -0.4 is 0 Å². The molecule has 0 aliphatic carbocycles. The third kappa shape index (κ3) is 2.06. The van der Waals surface area contributed by atoms with Gasteiger partial charge in [-0.15, -0.1) is 11.3 Å². The molecular formula is C18H18N2OS. The second-order valence-corrected chi connectivity index (χ2v) is 6.74. The molecular weight excluding hydrogens is 292 g/mol. The lowest BCUT2D eigenvalue weighted by Gasteiger charge is -2.35. The molecule has 4 heteroatoms. The van der Waals surface area contributed by atoms with Crippen LogP contribution in [0.3, 0.4) is 0 Å². The van der Waals surface area contributed by atoms with Gasteiger partial charge in [-0.2, -0.15) is 0 Å². The fraction of sp³-hybridized carbons (Fsp3) is 0.278. The van der Waals surface area contributed by atoms with Crippen molar-refractivity contribution in [2.75, 3.05) is 6.54 Å². The van der Waals surface area contributed by atoms with Crippen LogP contribution in [0.15, 0.2) is 41.8 Å². The number of H-pyrrole nitrogens is 1. The third-order valence-corrected chi connectivity index (χ3v) is 5.50. The Morgan fingerprint density at radius 1 is 1.36 bits per heavy atom. The summed E-state index contributed by atoms with van der Waals surface area (Å²) in [5.41, 5.74) is 3.05. The Balaban J connectivity index is 1.70. The average molecular weight is 310 g/mol. The van der Waals surface area contributed by atoms with E-state index >= 15 is 0 Å². The summed E-state index contributed by atoms with van der Waals surface area (Å²) in [6.45, 7) is 2.96. The Bertz CT molecular complexity index is 799. The van der Waals surface area contributed by atoms with Crippen LogP contribution in [0, 0.1) is 0 Å². The van der Waals surface area contributed by atoms with E-state index in [0.717, 1.165) is 30.3 Å². The lowest BCUT2D eigenvalue weighted by molar-refractivity contribution is 0.0652. The molecule has 1 aromatic carbocycles. The van der Waals surface area contributed by atoms with E-state index in [2.05, 4.69) is 23.4 Å². The predicted molar refractivity (Wildman–Crippen MR) is 90.4 cm³/mol. The van der Waals surface area contributed by atoms with Gasteiger partial charge in [0, 0.05) is 22.3 Å². The van der Waals surface area contributed by atoms with Crippen molar-refractivity contribution in [1.29, 1.82) is 0 Å². The fourth-order valence-corrected chi connectivity index (χ4v) is 4.35. The Labute approximate surface area is 133 Å². The average Bonchev–Trinajstić information content (AvgIpc) is 3.19. The molecule has 1 aliphatic rings. The van der Waals surface area contributed by atoms with Crippen LogP contribution in [0.25, 0.3) is 10.9 Å². The number of carbonyl (C=O) groups excluding carboxylic acids is 1. The first-order valence-corrected chi connectivity index (χ1v) is 8.61. The highest BCUT2D eigenvalue weighted by Gasteiger charge is 2.31. The first-order valence-electron chi connectivity index (χ1n) is 7.73. The molecule has 0 spiro atoms. The number of benzene rings is 1. The number of hydrogen-bond acceptors (Lipinski definition) is 2. The van der Waals surface area contributed by atoms with E-state index in [1.807, 2.05) is 46.6 Å². The van der Waals surface area contributed by atoms with Gasteiger partial charge in [0.25, 0.3) is 5.91 Å². The van der Waals surface area contributed by atoms with Crippen molar-refractivity contribution < 1.29 is 4.79 Å². The molecule has 1 aliphatic heterocycles. The summed E-state index contributed by atoms with van der Waals surface area (Å²) >= 11 is 1.81. The number of carbonyl (C=O) groups is 1. The van der Waals surface area contributed by atoms with Crippen LogP contribution in [0.4, 0.5) is 0 Å². The van der Waals surface area contributed by atoms with Gasteiger partial charge < -0.3 is 9.88 Å². The molecule has 3 nitrogen and oxygen atoms in total. The Morgan fingerprint density at radius 3 is 3.05 bits per heavy atom. The number of hydrogen-bond donors (Lipinski definition) is 1. The van der Waals surface area contributed by atoms with Crippen molar-refractivity contribution >= 4 is 28.1 Å². The number of amides is 1. The smallest absolute Gasteiger partial charge is 0.270 e. The lowest BCUT2D eigenvalue weighted by atomic mass is 9.97. The highest BCUT2D eigenvalue weighted by molar-refractivity contribution is 7.10. The minimum atomic E-state index is 0.111. The number of rotatable bonds is 2. The number of para-hydroxylation sites is 1. The van der Waals surface area contributed by atoms with E-state index in [9.17, 15) is 4.79 Å². The zero-order valence-corrected chi connectivity index (χ0v) is 13.3. The third-order valence-electron chi connectivity index (χ3n) is 4.50. The van der Waals surface area contributed by atoms with Crippen molar-refractivity contribution in [2.45, 2.75) is 25.8 Å². The second kappa shape index (κ2) is 5.29. The Kier molecular flexibility index (Phi) is 3.26. The van der Waals surface area contributed by atoms with Crippen LogP contribution in [0.2, 0.25) is 0 Å². The molecule has 4 rings (SSSR count). The number of nitrogens with zero attached hydrogens (tertiary/aromatic N) is 1. The van der Waals surface area contributed by atoms with Crippen molar-refractivity contribution in [3.8, 4) is 0 Å². The quantitative estimate of drug-likeness (QED) is 0.749. The molecule has 112 valence electrons. The van der Waals surface area contributed by atoms with E-state index in [0.29, 0.717) is 5.69 Å². The highest BCUT2D eigenvalue weighted by atomic mass is 32.1. The van der Waals surface area contributed by atoms with Gasteiger partial charge in [-0.05, 0) is 42.0 Å². The maximum absolute atomic E-state index is 13.0. The van der Waals surface area contributed by atoms with E-state index in [1.54, 1.807) is 0 Å². The molecule has 3 heterocycles. The van der Waals surface area contributed by atoms with Gasteiger partial charge in [-0.25, -0.2) is 0 Å². The van der Waals surface area contributed by atoms with Crippen molar-refractivity contribution in [1.82, 2.24) is 9.88 Å². The van der Waals surface area contributed by atoms with Gasteiger partial charge in [-0.1, -0.05) is 25.1 Å². The van der Waals surface area contributed by atoms with Crippen LogP contribution in [-0.4, -0.2) is 22.3 Å². The maximum Gasteiger partial charge on any atom is 0.270 e. The van der Waals surface area contributed by atoms with E-state index in [4.69, 9.17) is 0 Å². The fourth-order valence-electron chi connectivity index (χ4n) is 3.42. The van der Waals surface area contributed by atoms with Gasteiger partial charge in [0.05, 0.1) is 6.04 Å². The van der Waals surface area contributed by atoms with E-state index in [-0.39, 0.29) is 11.9 Å². The first kappa shape index (κ1) is 13.6. The zero-order chi connectivity index (χ0) is 15.1. The number of thiophene rings is 1. The van der Waals surface area contributed by atoms with Crippen LogP contribution in [0.1, 0.15) is 40.3 Å². The molecule has 1 atom stereocenters. The zero-order valence-electron chi connectivity index (χ0n) is 12.5. The molecule has 0 radical (unpaired) electrons. The molecule has 1 unspecified atom stereocenters. The summed E-state index contributed by atoms with van der Waals surface area (Å²) in [5.74, 6) is 0.111. The largest absolute Gasteiger partial charge is 0.351 e. The van der Waals surface area contributed by atoms with Gasteiger partial charge in [0.15, 0.2) is 0 Å². The van der Waals surface area contributed by atoms with Gasteiger partial charge in [-0.3, -0.25) is 4.79 Å². The van der Waals surface area contributed by atoms with Crippen molar-refractivity contribution in [3.05, 3.63) is 57.9 Å². The van der Waals surface area contributed by atoms with Gasteiger partial charge >= 0.3 is 0 Å². The minimum Gasteiger partial charge on any atom is -0.351 e. The molecule has 2 aromatic heterocycles. The summed E-state index contributed by atoms with van der Waals surface area (Å²) in [7, 11) is 0. The van der Waals surface area contributed by atoms with E-state index < -0.39 is 0 Å².